The maximum Gasteiger partial charge on any atom is 0.159 e. The predicted molar refractivity (Wildman–Crippen MR) is 83.7 cm³/mol. The molecule has 0 aliphatic carbocycles. The van der Waals surface area contributed by atoms with Gasteiger partial charge in [0.1, 0.15) is 0 Å². The maximum absolute atomic E-state index is 4.66. The molecule has 20 heavy (non-hydrogen) atoms. The molecular formula is C17H23N3. The van der Waals surface area contributed by atoms with E-state index in [-0.39, 0.29) is 0 Å². The Bertz CT molecular complexity index is 563. The van der Waals surface area contributed by atoms with E-state index >= 15 is 0 Å². The van der Waals surface area contributed by atoms with Gasteiger partial charge in [-0.2, -0.15) is 0 Å². The van der Waals surface area contributed by atoms with Crippen molar-refractivity contribution in [2.75, 3.05) is 0 Å². The van der Waals surface area contributed by atoms with Crippen molar-refractivity contribution in [1.29, 1.82) is 0 Å². The first-order valence-corrected chi connectivity index (χ1v) is 7.12. The molecule has 1 aromatic carbocycles. The fraction of sp³-hybridized carbons (Fsp3) is 0.412. The lowest BCUT2D eigenvalue weighted by molar-refractivity contribution is 0.583. The molecule has 0 amide bonds. The second kappa shape index (κ2) is 6.14. The lowest BCUT2D eigenvalue weighted by atomic mass is 10.1. The van der Waals surface area contributed by atoms with E-state index < -0.39 is 0 Å². The summed E-state index contributed by atoms with van der Waals surface area (Å²) < 4.78 is 0. The van der Waals surface area contributed by atoms with Crippen molar-refractivity contribution in [3.63, 3.8) is 0 Å². The van der Waals surface area contributed by atoms with Crippen molar-refractivity contribution < 1.29 is 0 Å². The van der Waals surface area contributed by atoms with E-state index in [1.807, 2.05) is 0 Å². The molecule has 0 atom stereocenters. The molecule has 2 rings (SSSR count). The standard InChI is InChI=1S/C17H23N3/c1-11(2)18-10-16-13(4)19-17(20-14(16)5)15-8-6-12(3)7-9-15/h6-9,11,18H,10H2,1-5H3. The van der Waals surface area contributed by atoms with Gasteiger partial charge in [0.25, 0.3) is 0 Å². The SMILES string of the molecule is Cc1ccc(-c2nc(C)c(CNC(C)C)c(C)n2)cc1. The first-order valence-electron chi connectivity index (χ1n) is 7.12. The molecule has 3 nitrogen and oxygen atoms in total. The van der Waals surface area contributed by atoms with Crippen LogP contribution in [-0.4, -0.2) is 16.0 Å². The number of benzene rings is 1. The van der Waals surface area contributed by atoms with Crippen molar-refractivity contribution >= 4 is 0 Å². The Morgan fingerprint density at radius 2 is 1.50 bits per heavy atom. The molecule has 0 fully saturated rings. The van der Waals surface area contributed by atoms with E-state index in [1.54, 1.807) is 0 Å². The van der Waals surface area contributed by atoms with Crippen LogP contribution in [0.1, 0.15) is 36.4 Å². The van der Waals surface area contributed by atoms with Crippen molar-refractivity contribution in [3.8, 4) is 11.4 Å². The molecule has 0 aliphatic rings. The Kier molecular flexibility index (Phi) is 4.50. The predicted octanol–water partition coefficient (Wildman–Crippen LogP) is 3.57. The molecule has 1 aromatic heterocycles. The zero-order valence-corrected chi connectivity index (χ0v) is 13.0. The zero-order chi connectivity index (χ0) is 14.7. The minimum Gasteiger partial charge on any atom is -0.310 e. The van der Waals surface area contributed by atoms with Gasteiger partial charge < -0.3 is 5.32 Å². The van der Waals surface area contributed by atoms with Crippen LogP contribution in [0.5, 0.6) is 0 Å². The molecule has 106 valence electrons. The minimum absolute atomic E-state index is 0.463. The van der Waals surface area contributed by atoms with Crippen LogP contribution in [0.3, 0.4) is 0 Å². The largest absolute Gasteiger partial charge is 0.310 e. The van der Waals surface area contributed by atoms with E-state index in [9.17, 15) is 0 Å². The van der Waals surface area contributed by atoms with Crippen molar-refractivity contribution in [1.82, 2.24) is 15.3 Å². The van der Waals surface area contributed by atoms with Crippen molar-refractivity contribution in [3.05, 3.63) is 46.8 Å². The number of aryl methyl sites for hydroxylation is 3. The van der Waals surface area contributed by atoms with Crippen LogP contribution in [0, 0.1) is 20.8 Å². The van der Waals surface area contributed by atoms with E-state index in [1.165, 1.54) is 11.1 Å². The summed E-state index contributed by atoms with van der Waals surface area (Å²) in [6, 6.07) is 8.81. The van der Waals surface area contributed by atoms with Crippen LogP contribution >= 0.6 is 0 Å². The Morgan fingerprint density at radius 1 is 0.950 bits per heavy atom. The summed E-state index contributed by atoms with van der Waals surface area (Å²) >= 11 is 0. The fourth-order valence-electron chi connectivity index (χ4n) is 2.13. The van der Waals surface area contributed by atoms with Gasteiger partial charge in [-0.3, -0.25) is 0 Å². The molecular weight excluding hydrogens is 246 g/mol. The number of nitrogens with zero attached hydrogens (tertiary/aromatic N) is 2. The molecule has 1 heterocycles. The molecule has 0 aliphatic heterocycles. The third kappa shape index (κ3) is 3.42. The van der Waals surface area contributed by atoms with Gasteiger partial charge in [0.15, 0.2) is 5.82 Å². The summed E-state index contributed by atoms with van der Waals surface area (Å²) in [5, 5.41) is 3.43. The summed E-state index contributed by atoms with van der Waals surface area (Å²) in [6.07, 6.45) is 0. The van der Waals surface area contributed by atoms with Gasteiger partial charge in [0, 0.05) is 35.1 Å². The van der Waals surface area contributed by atoms with Gasteiger partial charge in [-0.05, 0) is 20.8 Å². The third-order valence-corrected chi connectivity index (χ3v) is 3.42. The third-order valence-electron chi connectivity index (χ3n) is 3.42. The minimum atomic E-state index is 0.463. The molecule has 0 bridgehead atoms. The van der Waals surface area contributed by atoms with Gasteiger partial charge >= 0.3 is 0 Å². The number of aromatic nitrogens is 2. The first-order chi connectivity index (χ1) is 9.47. The molecule has 0 unspecified atom stereocenters. The summed E-state index contributed by atoms with van der Waals surface area (Å²) in [6.45, 7) is 11.3. The number of hydrogen-bond acceptors (Lipinski definition) is 3. The van der Waals surface area contributed by atoms with E-state index in [0.717, 1.165) is 29.3 Å². The van der Waals surface area contributed by atoms with Crippen LogP contribution in [0.2, 0.25) is 0 Å². The molecule has 0 saturated heterocycles. The lowest BCUT2D eigenvalue weighted by Crippen LogP contribution is -2.23. The lowest BCUT2D eigenvalue weighted by Gasteiger charge is -2.13. The zero-order valence-electron chi connectivity index (χ0n) is 13.0. The average molecular weight is 269 g/mol. The van der Waals surface area contributed by atoms with E-state index in [4.69, 9.17) is 0 Å². The Morgan fingerprint density at radius 3 is 2.00 bits per heavy atom. The molecule has 3 heteroatoms. The van der Waals surface area contributed by atoms with Crippen LogP contribution in [0.25, 0.3) is 11.4 Å². The second-order valence-electron chi connectivity index (χ2n) is 5.60. The summed E-state index contributed by atoms with van der Waals surface area (Å²) in [5.41, 5.74) is 5.64. The van der Waals surface area contributed by atoms with Gasteiger partial charge in [0.2, 0.25) is 0 Å². The molecule has 0 saturated carbocycles. The molecule has 1 N–H and O–H groups in total. The Labute approximate surface area is 121 Å². The van der Waals surface area contributed by atoms with Crippen LogP contribution in [0.4, 0.5) is 0 Å². The maximum atomic E-state index is 4.66. The van der Waals surface area contributed by atoms with Gasteiger partial charge in [-0.1, -0.05) is 43.7 Å². The van der Waals surface area contributed by atoms with E-state index in [2.05, 4.69) is 74.2 Å². The molecule has 0 spiro atoms. The fourth-order valence-corrected chi connectivity index (χ4v) is 2.13. The monoisotopic (exact) mass is 269 g/mol. The highest BCUT2D eigenvalue weighted by molar-refractivity contribution is 5.56. The highest BCUT2D eigenvalue weighted by Gasteiger charge is 2.10. The Balaban J connectivity index is 2.32. The van der Waals surface area contributed by atoms with Gasteiger partial charge in [-0.25, -0.2) is 9.97 Å². The summed E-state index contributed by atoms with van der Waals surface area (Å²) in [7, 11) is 0. The highest BCUT2D eigenvalue weighted by Crippen LogP contribution is 2.19. The van der Waals surface area contributed by atoms with E-state index in [0.29, 0.717) is 6.04 Å². The van der Waals surface area contributed by atoms with Crippen LogP contribution < -0.4 is 5.32 Å². The van der Waals surface area contributed by atoms with Crippen molar-refractivity contribution in [2.45, 2.75) is 47.2 Å². The number of nitrogens with one attached hydrogen (secondary N) is 1. The summed E-state index contributed by atoms with van der Waals surface area (Å²) in [4.78, 5) is 9.32. The molecule has 0 radical (unpaired) electrons. The number of hydrogen-bond donors (Lipinski definition) is 1. The first kappa shape index (κ1) is 14.7. The number of rotatable bonds is 4. The quantitative estimate of drug-likeness (QED) is 0.922. The van der Waals surface area contributed by atoms with Gasteiger partial charge in [0.05, 0.1) is 0 Å². The average Bonchev–Trinajstić information content (AvgIpc) is 2.38. The Hall–Kier alpha value is -1.74. The van der Waals surface area contributed by atoms with Crippen molar-refractivity contribution in [2.24, 2.45) is 0 Å². The normalized spacial score (nSPS) is 11.1. The molecule has 2 aromatic rings. The van der Waals surface area contributed by atoms with Crippen LogP contribution in [-0.2, 0) is 6.54 Å². The van der Waals surface area contributed by atoms with Gasteiger partial charge in [-0.15, -0.1) is 0 Å². The summed E-state index contributed by atoms with van der Waals surface area (Å²) in [5.74, 6) is 0.813. The smallest absolute Gasteiger partial charge is 0.159 e. The topological polar surface area (TPSA) is 37.8 Å². The highest BCUT2D eigenvalue weighted by atomic mass is 14.9. The van der Waals surface area contributed by atoms with Crippen LogP contribution in [0.15, 0.2) is 24.3 Å². The second-order valence-corrected chi connectivity index (χ2v) is 5.60.